The zero-order chi connectivity index (χ0) is 29.2. The number of hydrazone groups is 1. The Morgan fingerprint density at radius 3 is 1.81 bits per heavy atom. The molecule has 2 aliphatic heterocycles. The molecule has 4 amide bonds. The molecule has 0 radical (unpaired) electrons. The maximum atomic E-state index is 14.6. The zero-order valence-electron chi connectivity index (χ0n) is 23.6. The van der Waals surface area contributed by atoms with Crippen LogP contribution in [0.4, 0.5) is 5.69 Å². The van der Waals surface area contributed by atoms with E-state index in [2.05, 4.69) is 12.2 Å². The van der Waals surface area contributed by atoms with E-state index in [0.717, 1.165) is 45.7 Å². The molecule has 7 nitrogen and oxygen atoms in total. The van der Waals surface area contributed by atoms with Crippen LogP contribution in [0.5, 0.6) is 0 Å². The Labute approximate surface area is 248 Å². The van der Waals surface area contributed by atoms with E-state index in [1.807, 2.05) is 79.7 Å². The van der Waals surface area contributed by atoms with Crippen LogP contribution in [0, 0.1) is 42.4 Å². The van der Waals surface area contributed by atoms with Crippen molar-refractivity contribution in [3.63, 3.8) is 0 Å². The molecule has 0 aromatic heterocycles. The number of benzene rings is 3. The molecule has 4 bridgehead atoms. The van der Waals surface area contributed by atoms with E-state index < -0.39 is 17.3 Å². The minimum Gasteiger partial charge on any atom is -0.274 e. The molecule has 3 aromatic carbocycles. The quantitative estimate of drug-likeness (QED) is 0.260. The lowest BCUT2D eigenvalue weighted by atomic mass is 9.47. The van der Waals surface area contributed by atoms with Crippen molar-refractivity contribution >= 4 is 35.5 Å². The van der Waals surface area contributed by atoms with Crippen molar-refractivity contribution in [2.45, 2.75) is 31.1 Å². The number of rotatable bonds is 3. The summed E-state index contributed by atoms with van der Waals surface area (Å²) in [5.74, 6) is -3.40. The SMILES string of the molecule is Cc1ccc(N2C(=O)[C@@H]3C4c5ccccc5C(/C=N\N5C(=O)[C@@H]6[C@H](C5=O)[C@H]5C=C[C@H]6CC5)(c5ccccc54)[C@@H]3C2=O)cc1. The third-order valence-corrected chi connectivity index (χ3v) is 11.1. The zero-order valence-corrected chi connectivity index (χ0v) is 23.6. The summed E-state index contributed by atoms with van der Waals surface area (Å²) in [6, 6.07) is 23.3. The molecule has 3 fully saturated rings. The first-order valence-corrected chi connectivity index (χ1v) is 15.2. The Kier molecular flexibility index (Phi) is 4.90. The Bertz CT molecular complexity index is 1760. The molecule has 11 rings (SSSR count). The van der Waals surface area contributed by atoms with Crippen LogP contribution in [0.3, 0.4) is 0 Å². The molecule has 212 valence electrons. The second kappa shape index (κ2) is 8.47. The van der Waals surface area contributed by atoms with Crippen molar-refractivity contribution in [2.24, 2.45) is 40.6 Å². The minimum absolute atomic E-state index is 0.0536. The number of imide groups is 2. The molecule has 2 saturated heterocycles. The summed E-state index contributed by atoms with van der Waals surface area (Å²) in [7, 11) is 0. The largest absolute Gasteiger partial charge is 0.274 e. The Balaban J connectivity index is 1.24. The maximum absolute atomic E-state index is 14.6. The Morgan fingerprint density at radius 1 is 0.698 bits per heavy atom. The van der Waals surface area contributed by atoms with Crippen LogP contribution in [0.25, 0.3) is 0 Å². The number of fused-ring (bicyclic) bond motifs is 1. The van der Waals surface area contributed by atoms with Gasteiger partial charge in [0, 0.05) is 12.1 Å². The van der Waals surface area contributed by atoms with E-state index in [0.29, 0.717) is 5.69 Å². The van der Waals surface area contributed by atoms with Gasteiger partial charge in [0.1, 0.15) is 0 Å². The van der Waals surface area contributed by atoms with E-state index in [1.165, 1.54) is 4.90 Å². The van der Waals surface area contributed by atoms with E-state index >= 15 is 0 Å². The number of nitrogens with zero attached hydrogens (tertiary/aromatic N) is 3. The van der Waals surface area contributed by atoms with E-state index in [-0.39, 0.29) is 53.2 Å². The average Bonchev–Trinajstić information content (AvgIpc) is 3.47. The molecule has 0 spiro atoms. The van der Waals surface area contributed by atoms with Crippen molar-refractivity contribution in [2.75, 3.05) is 4.90 Å². The first kappa shape index (κ1) is 24.9. The van der Waals surface area contributed by atoms with Gasteiger partial charge in [-0.15, -0.1) is 0 Å². The first-order valence-electron chi connectivity index (χ1n) is 15.2. The summed E-state index contributed by atoms with van der Waals surface area (Å²) >= 11 is 0. The molecule has 1 saturated carbocycles. The van der Waals surface area contributed by atoms with Crippen molar-refractivity contribution < 1.29 is 19.2 Å². The topological polar surface area (TPSA) is 87.1 Å². The van der Waals surface area contributed by atoms with Crippen LogP contribution in [-0.4, -0.2) is 34.9 Å². The van der Waals surface area contributed by atoms with Crippen LogP contribution >= 0.6 is 0 Å². The van der Waals surface area contributed by atoms with E-state index in [1.54, 1.807) is 6.21 Å². The molecule has 2 heterocycles. The van der Waals surface area contributed by atoms with Gasteiger partial charge in [-0.05, 0) is 66.0 Å². The summed E-state index contributed by atoms with van der Waals surface area (Å²) in [6.07, 6.45) is 7.65. The lowest BCUT2D eigenvalue weighted by molar-refractivity contribution is -0.140. The van der Waals surface area contributed by atoms with Crippen LogP contribution in [0.1, 0.15) is 46.6 Å². The highest BCUT2D eigenvalue weighted by molar-refractivity contribution is 6.25. The molecule has 0 N–H and O–H groups in total. The summed E-state index contributed by atoms with van der Waals surface area (Å²) in [4.78, 5) is 57.7. The fraction of sp³-hybridized carbons (Fsp3) is 0.306. The van der Waals surface area contributed by atoms with Gasteiger partial charge in [-0.3, -0.25) is 19.2 Å². The monoisotopic (exact) mass is 567 g/mol. The molecule has 6 atom stereocenters. The van der Waals surface area contributed by atoms with Crippen molar-refractivity contribution in [3.8, 4) is 0 Å². The summed E-state index contributed by atoms with van der Waals surface area (Å²) < 4.78 is 0. The number of amides is 4. The number of hydrogen-bond donors (Lipinski definition) is 0. The average molecular weight is 568 g/mol. The lowest BCUT2D eigenvalue weighted by Crippen LogP contribution is -2.55. The molecular weight excluding hydrogens is 538 g/mol. The first-order chi connectivity index (χ1) is 20.9. The van der Waals surface area contributed by atoms with Gasteiger partial charge in [0.25, 0.3) is 11.8 Å². The van der Waals surface area contributed by atoms with E-state index in [4.69, 9.17) is 5.10 Å². The molecule has 3 aromatic rings. The third kappa shape index (κ3) is 2.97. The van der Waals surface area contributed by atoms with Crippen LogP contribution in [-0.2, 0) is 24.6 Å². The van der Waals surface area contributed by atoms with Gasteiger partial charge in [-0.25, -0.2) is 4.90 Å². The number of allylic oxidation sites excluding steroid dienone is 2. The van der Waals surface area contributed by atoms with Gasteiger partial charge in [0.05, 0.1) is 34.8 Å². The third-order valence-electron chi connectivity index (χ3n) is 11.1. The van der Waals surface area contributed by atoms with Gasteiger partial charge >= 0.3 is 0 Å². The second-order valence-electron chi connectivity index (χ2n) is 12.9. The van der Waals surface area contributed by atoms with Crippen molar-refractivity contribution in [3.05, 3.63) is 113 Å². The molecule has 6 aliphatic carbocycles. The van der Waals surface area contributed by atoms with Crippen molar-refractivity contribution in [1.82, 2.24) is 5.01 Å². The number of carbonyl (C=O) groups is 4. The predicted molar refractivity (Wildman–Crippen MR) is 159 cm³/mol. The fourth-order valence-corrected chi connectivity index (χ4v) is 9.32. The molecule has 0 unspecified atom stereocenters. The van der Waals surface area contributed by atoms with Gasteiger partial charge in [-0.1, -0.05) is 78.4 Å². The summed E-state index contributed by atoms with van der Waals surface area (Å²) in [5.41, 5.74) is 4.21. The van der Waals surface area contributed by atoms with Gasteiger partial charge in [-0.2, -0.15) is 10.1 Å². The maximum Gasteiger partial charge on any atom is 0.254 e. The highest BCUT2D eigenvalue weighted by Gasteiger charge is 2.68. The summed E-state index contributed by atoms with van der Waals surface area (Å²) in [5, 5.41) is 5.80. The van der Waals surface area contributed by atoms with Crippen LogP contribution < -0.4 is 4.90 Å². The molecule has 7 heteroatoms. The smallest absolute Gasteiger partial charge is 0.254 e. The lowest BCUT2D eigenvalue weighted by Gasteiger charge is -2.52. The van der Waals surface area contributed by atoms with Crippen molar-refractivity contribution in [1.29, 1.82) is 0 Å². The normalized spacial score (nSPS) is 34.7. The summed E-state index contributed by atoms with van der Waals surface area (Å²) in [6.45, 7) is 1.97. The minimum atomic E-state index is -1.13. The molecular formula is C36H29N3O4. The molecule has 8 aliphatic rings. The highest BCUT2D eigenvalue weighted by Crippen LogP contribution is 2.64. The second-order valence-corrected chi connectivity index (χ2v) is 12.9. The van der Waals surface area contributed by atoms with Crippen LogP contribution in [0.15, 0.2) is 90.0 Å². The standard InChI is InChI=1S/C36H29N3O4/c1-19-10-16-22(17-11-19)38-32(40)30-29-23-6-2-4-8-25(23)36(31(30)35(38)43,26-9-5-3-7-24(26)29)18-37-39-33(41)27-20-12-13-21(15-14-20)28(27)34(39)42/h2-13,16-18,20-21,27-31H,14-15H2,1H3/b37-18-/t20-,21-,27-,28+,29?,30+,31-,36?/m0/s1. The Morgan fingerprint density at radius 2 is 1.26 bits per heavy atom. The van der Waals surface area contributed by atoms with Gasteiger partial charge < -0.3 is 0 Å². The number of anilines is 1. The number of carbonyl (C=O) groups excluding carboxylic acids is 4. The highest BCUT2D eigenvalue weighted by atomic mass is 16.2. The number of aryl methyl sites for hydroxylation is 1. The van der Waals surface area contributed by atoms with Gasteiger partial charge in [0.15, 0.2) is 0 Å². The van der Waals surface area contributed by atoms with Gasteiger partial charge in [0.2, 0.25) is 11.8 Å². The van der Waals surface area contributed by atoms with Crippen LogP contribution in [0.2, 0.25) is 0 Å². The number of hydrogen-bond acceptors (Lipinski definition) is 5. The van der Waals surface area contributed by atoms with E-state index in [9.17, 15) is 19.2 Å². The Hall–Kier alpha value is -4.65. The molecule has 43 heavy (non-hydrogen) atoms. The fourth-order valence-electron chi connectivity index (χ4n) is 9.32. The predicted octanol–water partition coefficient (Wildman–Crippen LogP) is 4.73.